The highest BCUT2D eigenvalue weighted by Crippen LogP contribution is 2.29. The molecule has 0 aromatic heterocycles. The summed E-state index contributed by atoms with van der Waals surface area (Å²) in [5.74, 6) is -0.217. The fraction of sp³-hybridized carbons (Fsp3) is 0.250. The molecule has 4 heteroatoms. The van der Waals surface area contributed by atoms with Crippen LogP contribution < -0.4 is 5.32 Å². The van der Waals surface area contributed by atoms with Crippen molar-refractivity contribution in [2.75, 3.05) is 5.32 Å². The molecule has 1 atom stereocenters. The molecule has 0 bridgehead atoms. The van der Waals surface area contributed by atoms with Crippen LogP contribution in [0.25, 0.3) is 0 Å². The molecule has 1 unspecified atom stereocenters. The maximum absolute atomic E-state index is 13.1. The second-order valence-corrected chi connectivity index (χ2v) is 5.78. The van der Waals surface area contributed by atoms with Gasteiger partial charge in [0, 0.05) is 11.1 Å². The van der Waals surface area contributed by atoms with Crippen LogP contribution >= 0.6 is 23.2 Å². The van der Waals surface area contributed by atoms with E-state index < -0.39 is 0 Å². The van der Waals surface area contributed by atoms with Gasteiger partial charge in [0.05, 0.1) is 10.7 Å². The van der Waals surface area contributed by atoms with E-state index in [1.54, 1.807) is 12.1 Å². The molecule has 1 N–H and O–H groups in total. The Labute approximate surface area is 128 Å². The zero-order chi connectivity index (χ0) is 14.7. The van der Waals surface area contributed by atoms with Crippen molar-refractivity contribution in [2.24, 2.45) is 0 Å². The van der Waals surface area contributed by atoms with Crippen molar-refractivity contribution in [1.29, 1.82) is 0 Å². The predicted molar refractivity (Wildman–Crippen MR) is 84.4 cm³/mol. The molecule has 0 fully saturated rings. The van der Waals surface area contributed by atoms with Crippen LogP contribution in [0.2, 0.25) is 10.0 Å². The molecular formula is C16H16Cl2FN. The molecule has 0 spiro atoms. The minimum absolute atomic E-state index is 0.119. The lowest BCUT2D eigenvalue weighted by molar-refractivity contribution is 0.624. The minimum Gasteiger partial charge on any atom is -0.381 e. The molecule has 0 aliphatic heterocycles. The van der Waals surface area contributed by atoms with Crippen LogP contribution in [0.1, 0.15) is 18.1 Å². The molecule has 0 saturated carbocycles. The van der Waals surface area contributed by atoms with Crippen molar-refractivity contribution in [2.45, 2.75) is 26.3 Å². The fourth-order valence-corrected chi connectivity index (χ4v) is 2.53. The van der Waals surface area contributed by atoms with Crippen LogP contribution in [0, 0.1) is 12.7 Å². The Kier molecular flexibility index (Phi) is 4.90. The first-order valence-electron chi connectivity index (χ1n) is 6.42. The normalized spacial score (nSPS) is 12.2. The summed E-state index contributed by atoms with van der Waals surface area (Å²) in [6, 6.07) is 10.4. The van der Waals surface area contributed by atoms with E-state index in [-0.39, 0.29) is 11.9 Å². The van der Waals surface area contributed by atoms with Crippen molar-refractivity contribution in [3.05, 3.63) is 63.4 Å². The lowest BCUT2D eigenvalue weighted by Crippen LogP contribution is -2.18. The van der Waals surface area contributed by atoms with Crippen molar-refractivity contribution < 1.29 is 4.39 Å². The van der Waals surface area contributed by atoms with Gasteiger partial charge in [-0.1, -0.05) is 35.3 Å². The van der Waals surface area contributed by atoms with Crippen molar-refractivity contribution in [3.63, 3.8) is 0 Å². The molecule has 2 aromatic rings. The fourth-order valence-electron chi connectivity index (χ4n) is 2.09. The van der Waals surface area contributed by atoms with E-state index in [0.717, 1.165) is 16.8 Å². The summed E-state index contributed by atoms with van der Waals surface area (Å²) >= 11 is 12.3. The second-order valence-electron chi connectivity index (χ2n) is 4.96. The highest BCUT2D eigenvalue weighted by atomic mass is 35.5. The largest absolute Gasteiger partial charge is 0.381 e. The van der Waals surface area contributed by atoms with E-state index in [2.05, 4.69) is 5.32 Å². The monoisotopic (exact) mass is 311 g/mol. The number of nitrogens with one attached hydrogen (secondary N) is 1. The lowest BCUT2D eigenvalue weighted by Gasteiger charge is -2.17. The predicted octanol–water partition coefficient (Wildman–Crippen LogP) is 5.48. The van der Waals surface area contributed by atoms with Gasteiger partial charge < -0.3 is 5.32 Å². The van der Waals surface area contributed by atoms with Gasteiger partial charge in [-0.25, -0.2) is 4.39 Å². The molecule has 1 nitrogen and oxygen atoms in total. The maximum atomic E-state index is 13.1. The summed E-state index contributed by atoms with van der Waals surface area (Å²) in [6.07, 6.45) is 0.708. The topological polar surface area (TPSA) is 12.0 Å². The zero-order valence-corrected chi connectivity index (χ0v) is 12.9. The highest BCUT2D eigenvalue weighted by Gasteiger charge is 2.09. The number of halogens is 3. The molecular weight excluding hydrogens is 296 g/mol. The average molecular weight is 312 g/mol. The average Bonchev–Trinajstić information content (AvgIpc) is 2.36. The number of aryl methyl sites for hydroxylation is 1. The summed E-state index contributed by atoms with van der Waals surface area (Å²) in [6.45, 7) is 3.93. The third kappa shape index (κ3) is 3.87. The lowest BCUT2D eigenvalue weighted by atomic mass is 10.1. The Morgan fingerprint density at radius 1 is 1.15 bits per heavy atom. The Hall–Kier alpha value is -1.25. The molecule has 2 aromatic carbocycles. The third-order valence-corrected chi connectivity index (χ3v) is 3.80. The summed E-state index contributed by atoms with van der Waals surface area (Å²) < 4.78 is 13.1. The smallest absolute Gasteiger partial charge is 0.123 e. The molecule has 0 aliphatic rings. The molecule has 20 heavy (non-hydrogen) atoms. The number of rotatable bonds is 4. The van der Waals surface area contributed by atoms with Crippen LogP contribution in [-0.2, 0) is 6.42 Å². The van der Waals surface area contributed by atoms with Crippen LogP contribution in [-0.4, -0.2) is 6.04 Å². The van der Waals surface area contributed by atoms with Gasteiger partial charge in [-0.15, -0.1) is 0 Å². The van der Waals surface area contributed by atoms with Gasteiger partial charge in [0.15, 0.2) is 0 Å². The quantitative estimate of drug-likeness (QED) is 0.788. The summed E-state index contributed by atoms with van der Waals surface area (Å²) in [7, 11) is 0. The standard InChI is InChI=1S/C16H16Cl2FN/c1-10-6-15(18)16(9-14(10)17)20-11(2)7-12-4-3-5-13(19)8-12/h3-6,8-9,11,20H,7H2,1-2H3. The third-order valence-electron chi connectivity index (χ3n) is 3.08. The molecule has 106 valence electrons. The maximum Gasteiger partial charge on any atom is 0.123 e. The van der Waals surface area contributed by atoms with Gasteiger partial charge >= 0.3 is 0 Å². The molecule has 0 saturated heterocycles. The number of benzene rings is 2. The van der Waals surface area contributed by atoms with E-state index in [0.29, 0.717) is 16.5 Å². The van der Waals surface area contributed by atoms with Crippen LogP contribution in [0.15, 0.2) is 36.4 Å². The van der Waals surface area contributed by atoms with Gasteiger partial charge in [-0.3, -0.25) is 0 Å². The van der Waals surface area contributed by atoms with Gasteiger partial charge in [-0.2, -0.15) is 0 Å². The van der Waals surface area contributed by atoms with E-state index in [9.17, 15) is 4.39 Å². The number of anilines is 1. The molecule has 0 amide bonds. The molecule has 0 heterocycles. The SMILES string of the molecule is Cc1cc(Cl)c(NC(C)Cc2cccc(F)c2)cc1Cl. The first-order chi connectivity index (χ1) is 9.45. The summed E-state index contributed by atoms with van der Waals surface area (Å²) in [5.41, 5.74) is 2.69. The summed E-state index contributed by atoms with van der Waals surface area (Å²) in [5, 5.41) is 4.62. The first-order valence-corrected chi connectivity index (χ1v) is 7.18. The van der Waals surface area contributed by atoms with Crippen LogP contribution in [0.5, 0.6) is 0 Å². The van der Waals surface area contributed by atoms with E-state index in [4.69, 9.17) is 23.2 Å². The number of hydrogen-bond acceptors (Lipinski definition) is 1. The van der Waals surface area contributed by atoms with Crippen molar-refractivity contribution in [3.8, 4) is 0 Å². The van der Waals surface area contributed by atoms with Crippen molar-refractivity contribution >= 4 is 28.9 Å². The van der Waals surface area contributed by atoms with Crippen LogP contribution in [0.4, 0.5) is 10.1 Å². The molecule has 0 radical (unpaired) electrons. The van der Waals surface area contributed by atoms with Crippen LogP contribution in [0.3, 0.4) is 0 Å². The van der Waals surface area contributed by atoms with E-state index in [1.165, 1.54) is 6.07 Å². The first kappa shape index (κ1) is 15.1. The van der Waals surface area contributed by atoms with Gasteiger partial charge in [0.2, 0.25) is 0 Å². The number of hydrogen-bond donors (Lipinski definition) is 1. The zero-order valence-electron chi connectivity index (χ0n) is 11.4. The Balaban J connectivity index is 2.08. The Bertz CT molecular complexity index is 613. The summed E-state index contributed by atoms with van der Waals surface area (Å²) in [4.78, 5) is 0. The van der Waals surface area contributed by atoms with Gasteiger partial charge in [-0.05, 0) is 55.7 Å². The van der Waals surface area contributed by atoms with Gasteiger partial charge in [0.1, 0.15) is 5.82 Å². The van der Waals surface area contributed by atoms with Crippen molar-refractivity contribution in [1.82, 2.24) is 0 Å². The molecule has 2 rings (SSSR count). The second kappa shape index (κ2) is 6.47. The van der Waals surface area contributed by atoms with Gasteiger partial charge in [0.25, 0.3) is 0 Å². The molecule has 0 aliphatic carbocycles. The Morgan fingerprint density at radius 3 is 2.60 bits per heavy atom. The minimum atomic E-state index is -0.217. The highest BCUT2D eigenvalue weighted by molar-refractivity contribution is 6.35. The Morgan fingerprint density at radius 2 is 1.90 bits per heavy atom. The van der Waals surface area contributed by atoms with E-state index >= 15 is 0 Å². The van der Waals surface area contributed by atoms with E-state index in [1.807, 2.05) is 32.0 Å².